The number of hydrogen-bond donors (Lipinski definition) is 0. The van der Waals surface area contributed by atoms with Crippen molar-refractivity contribution in [3.63, 3.8) is 0 Å². The number of halogens is 2. The summed E-state index contributed by atoms with van der Waals surface area (Å²) in [6.07, 6.45) is 0.169. The van der Waals surface area contributed by atoms with Crippen molar-refractivity contribution in [3.05, 3.63) is 50.4 Å². The summed E-state index contributed by atoms with van der Waals surface area (Å²) in [5.41, 5.74) is 0.646. The standard InChI is InChI=1S/C13H10BrFO2S/c1-17-10-6-13(18-7-10)12(16)5-8-4-9(15)2-3-11(8)14/h2-4,6-7H,5H2,1H3. The molecule has 2 nitrogen and oxygen atoms in total. The molecule has 0 N–H and O–H groups in total. The first-order chi connectivity index (χ1) is 8.60. The van der Waals surface area contributed by atoms with Crippen LogP contribution in [-0.4, -0.2) is 12.9 Å². The van der Waals surface area contributed by atoms with Gasteiger partial charge in [0, 0.05) is 22.3 Å². The van der Waals surface area contributed by atoms with Gasteiger partial charge < -0.3 is 4.74 Å². The molecule has 94 valence electrons. The van der Waals surface area contributed by atoms with Gasteiger partial charge in [0.2, 0.25) is 0 Å². The molecule has 0 aliphatic carbocycles. The molecule has 0 spiro atoms. The zero-order chi connectivity index (χ0) is 13.1. The third kappa shape index (κ3) is 2.97. The third-order valence-corrected chi connectivity index (χ3v) is 4.17. The Kier molecular flexibility index (Phi) is 4.14. The highest BCUT2D eigenvalue weighted by molar-refractivity contribution is 9.10. The maximum Gasteiger partial charge on any atom is 0.177 e. The molecular weight excluding hydrogens is 319 g/mol. The first-order valence-corrected chi connectivity index (χ1v) is 6.87. The van der Waals surface area contributed by atoms with Crippen molar-refractivity contribution in [2.45, 2.75) is 6.42 Å². The maximum atomic E-state index is 13.1. The highest BCUT2D eigenvalue weighted by atomic mass is 79.9. The van der Waals surface area contributed by atoms with E-state index in [4.69, 9.17) is 4.74 Å². The fourth-order valence-electron chi connectivity index (χ4n) is 1.51. The molecule has 0 aliphatic heterocycles. The van der Waals surface area contributed by atoms with Gasteiger partial charge in [0.15, 0.2) is 5.78 Å². The molecule has 0 bridgehead atoms. The molecule has 0 amide bonds. The second kappa shape index (κ2) is 5.63. The number of hydrogen-bond acceptors (Lipinski definition) is 3. The van der Waals surface area contributed by atoms with E-state index in [2.05, 4.69) is 15.9 Å². The van der Waals surface area contributed by atoms with Crippen molar-refractivity contribution in [1.82, 2.24) is 0 Å². The highest BCUT2D eigenvalue weighted by Gasteiger charge is 2.13. The topological polar surface area (TPSA) is 26.3 Å². The Bertz CT molecular complexity index is 580. The van der Waals surface area contributed by atoms with Gasteiger partial charge in [0.1, 0.15) is 11.6 Å². The third-order valence-electron chi connectivity index (χ3n) is 2.44. The van der Waals surface area contributed by atoms with E-state index in [1.54, 1.807) is 24.6 Å². The number of rotatable bonds is 4. The maximum absolute atomic E-state index is 13.1. The number of ketones is 1. The summed E-state index contributed by atoms with van der Waals surface area (Å²) < 4.78 is 18.9. The summed E-state index contributed by atoms with van der Waals surface area (Å²) in [4.78, 5) is 12.6. The van der Waals surface area contributed by atoms with Crippen LogP contribution in [-0.2, 0) is 6.42 Å². The lowest BCUT2D eigenvalue weighted by molar-refractivity contribution is 0.0996. The van der Waals surface area contributed by atoms with Crippen LogP contribution >= 0.6 is 27.3 Å². The predicted octanol–water partition coefficient (Wildman–Crippen LogP) is 4.08. The van der Waals surface area contributed by atoms with Crippen molar-refractivity contribution in [2.24, 2.45) is 0 Å². The lowest BCUT2D eigenvalue weighted by atomic mass is 10.1. The molecule has 0 saturated carbocycles. The molecule has 0 atom stereocenters. The Morgan fingerprint density at radius 2 is 2.22 bits per heavy atom. The van der Waals surface area contributed by atoms with E-state index in [-0.39, 0.29) is 18.0 Å². The van der Waals surface area contributed by atoms with Gasteiger partial charge in [-0.05, 0) is 23.8 Å². The molecule has 1 heterocycles. The number of carbonyl (C=O) groups excluding carboxylic acids is 1. The molecule has 0 aliphatic rings. The summed E-state index contributed by atoms with van der Waals surface area (Å²) in [5, 5.41) is 1.77. The zero-order valence-corrected chi connectivity index (χ0v) is 12.0. The van der Waals surface area contributed by atoms with Gasteiger partial charge in [0.05, 0.1) is 12.0 Å². The van der Waals surface area contributed by atoms with E-state index in [0.29, 0.717) is 16.2 Å². The average Bonchev–Trinajstić information content (AvgIpc) is 2.82. The predicted molar refractivity (Wildman–Crippen MR) is 73.0 cm³/mol. The van der Waals surface area contributed by atoms with Crippen LogP contribution in [0.1, 0.15) is 15.2 Å². The second-order valence-electron chi connectivity index (χ2n) is 3.69. The summed E-state index contributed by atoms with van der Waals surface area (Å²) in [5.74, 6) is 0.279. The van der Waals surface area contributed by atoms with Gasteiger partial charge in [-0.3, -0.25) is 4.79 Å². The van der Waals surface area contributed by atoms with Crippen LogP contribution in [0.5, 0.6) is 5.75 Å². The molecule has 1 aromatic heterocycles. The molecule has 2 aromatic rings. The molecule has 0 unspecified atom stereocenters. The van der Waals surface area contributed by atoms with E-state index >= 15 is 0 Å². The summed E-state index contributed by atoms with van der Waals surface area (Å²) in [7, 11) is 1.56. The number of ether oxygens (including phenoxy) is 1. The van der Waals surface area contributed by atoms with Crippen LogP contribution < -0.4 is 4.74 Å². The number of Topliss-reactive ketones (excluding diaryl/α,β-unsaturated/α-hetero) is 1. The Labute approximate surface area is 117 Å². The zero-order valence-electron chi connectivity index (χ0n) is 9.57. The minimum atomic E-state index is -0.343. The Balaban J connectivity index is 2.18. The smallest absolute Gasteiger partial charge is 0.177 e. The van der Waals surface area contributed by atoms with Crippen LogP contribution in [0.25, 0.3) is 0 Å². The normalized spacial score (nSPS) is 10.4. The lowest BCUT2D eigenvalue weighted by Gasteiger charge is -2.02. The van der Waals surface area contributed by atoms with Crippen molar-refractivity contribution >= 4 is 33.0 Å². The minimum Gasteiger partial charge on any atom is -0.496 e. The average molecular weight is 329 g/mol. The quantitative estimate of drug-likeness (QED) is 0.790. The molecule has 5 heteroatoms. The molecular formula is C13H10BrFO2S. The Morgan fingerprint density at radius 3 is 2.89 bits per heavy atom. The molecule has 2 rings (SSSR count). The van der Waals surface area contributed by atoms with Crippen LogP contribution in [0.4, 0.5) is 4.39 Å². The van der Waals surface area contributed by atoms with Crippen LogP contribution in [0.2, 0.25) is 0 Å². The van der Waals surface area contributed by atoms with Crippen molar-refractivity contribution in [2.75, 3.05) is 7.11 Å². The Hall–Kier alpha value is -1.20. The van der Waals surface area contributed by atoms with Crippen molar-refractivity contribution < 1.29 is 13.9 Å². The van der Waals surface area contributed by atoms with Gasteiger partial charge in [-0.15, -0.1) is 11.3 Å². The molecule has 1 aromatic carbocycles. The van der Waals surface area contributed by atoms with E-state index in [0.717, 1.165) is 4.47 Å². The molecule has 0 saturated heterocycles. The fraction of sp³-hybridized carbons (Fsp3) is 0.154. The first kappa shape index (κ1) is 13.2. The van der Waals surface area contributed by atoms with E-state index in [9.17, 15) is 9.18 Å². The Morgan fingerprint density at radius 1 is 1.44 bits per heavy atom. The summed E-state index contributed by atoms with van der Waals surface area (Å²) >= 11 is 4.64. The van der Waals surface area contributed by atoms with Crippen LogP contribution in [0.15, 0.2) is 34.1 Å². The van der Waals surface area contributed by atoms with Gasteiger partial charge in [-0.2, -0.15) is 0 Å². The summed E-state index contributed by atoms with van der Waals surface area (Å²) in [6, 6.07) is 6.02. The van der Waals surface area contributed by atoms with E-state index in [1.807, 2.05) is 0 Å². The fourth-order valence-corrected chi connectivity index (χ4v) is 2.69. The summed E-state index contributed by atoms with van der Waals surface area (Å²) in [6.45, 7) is 0. The molecule has 0 fully saturated rings. The van der Waals surface area contributed by atoms with Crippen LogP contribution in [0, 0.1) is 5.82 Å². The second-order valence-corrected chi connectivity index (χ2v) is 5.45. The molecule has 0 radical (unpaired) electrons. The number of benzene rings is 1. The lowest BCUT2D eigenvalue weighted by Crippen LogP contribution is -2.02. The van der Waals surface area contributed by atoms with Gasteiger partial charge in [-0.25, -0.2) is 4.39 Å². The number of carbonyl (C=O) groups is 1. The van der Waals surface area contributed by atoms with Crippen molar-refractivity contribution in [1.29, 1.82) is 0 Å². The monoisotopic (exact) mass is 328 g/mol. The van der Waals surface area contributed by atoms with Crippen LogP contribution in [0.3, 0.4) is 0 Å². The van der Waals surface area contributed by atoms with E-state index in [1.165, 1.54) is 23.5 Å². The number of methoxy groups -OCH3 is 1. The van der Waals surface area contributed by atoms with Crippen molar-refractivity contribution in [3.8, 4) is 5.75 Å². The van der Waals surface area contributed by atoms with Gasteiger partial charge in [0.25, 0.3) is 0 Å². The molecule has 18 heavy (non-hydrogen) atoms. The van der Waals surface area contributed by atoms with Gasteiger partial charge >= 0.3 is 0 Å². The minimum absolute atomic E-state index is 0.0467. The largest absolute Gasteiger partial charge is 0.496 e. The van der Waals surface area contributed by atoms with Gasteiger partial charge in [-0.1, -0.05) is 15.9 Å². The van der Waals surface area contributed by atoms with E-state index < -0.39 is 0 Å². The highest BCUT2D eigenvalue weighted by Crippen LogP contribution is 2.24. The number of thiophene rings is 1. The SMILES string of the molecule is COc1csc(C(=O)Cc2cc(F)ccc2Br)c1. The first-order valence-electron chi connectivity index (χ1n) is 5.20.